The van der Waals surface area contributed by atoms with Gasteiger partial charge in [-0.1, -0.05) is 11.6 Å². The molecule has 0 unspecified atom stereocenters. The number of pyridine rings is 2. The van der Waals surface area contributed by atoms with Crippen LogP contribution in [0.5, 0.6) is 0 Å². The summed E-state index contributed by atoms with van der Waals surface area (Å²) < 4.78 is 27.7. The lowest BCUT2D eigenvalue weighted by Gasteiger charge is -2.17. The van der Waals surface area contributed by atoms with Gasteiger partial charge in [-0.25, -0.2) is 9.97 Å². The molecule has 0 aliphatic heterocycles. The Morgan fingerprint density at radius 1 is 1.28 bits per heavy atom. The van der Waals surface area contributed by atoms with E-state index >= 15 is 0 Å². The SMILES string of the molecule is CC(=O)Nc1cc(-c2cnc(Cl)c(NS(=O)(=O)N(C)C)c2C)ccn1. The lowest BCUT2D eigenvalue weighted by Crippen LogP contribution is -2.29. The number of anilines is 2. The standard InChI is InChI=1S/C15H18ClN5O3S/c1-9-12(11-5-6-17-13(7-11)19-10(2)22)8-18-15(16)14(9)20-25(23,24)21(3)4/h5-8,20H,1-4H3,(H,17,19,22). The van der Waals surface area contributed by atoms with Gasteiger partial charge in [0.1, 0.15) is 5.82 Å². The third kappa shape index (κ3) is 4.44. The summed E-state index contributed by atoms with van der Waals surface area (Å²) in [4.78, 5) is 19.3. The highest BCUT2D eigenvalue weighted by atomic mass is 35.5. The zero-order valence-electron chi connectivity index (χ0n) is 14.2. The van der Waals surface area contributed by atoms with Gasteiger partial charge in [-0.2, -0.15) is 12.7 Å². The molecule has 1 amide bonds. The molecule has 0 bridgehead atoms. The lowest BCUT2D eigenvalue weighted by atomic mass is 10.0. The molecule has 2 aromatic rings. The van der Waals surface area contributed by atoms with Gasteiger partial charge < -0.3 is 5.32 Å². The molecule has 134 valence electrons. The van der Waals surface area contributed by atoms with E-state index < -0.39 is 10.2 Å². The van der Waals surface area contributed by atoms with E-state index in [0.29, 0.717) is 22.5 Å². The van der Waals surface area contributed by atoms with Crippen LogP contribution in [0.3, 0.4) is 0 Å². The number of carbonyl (C=O) groups excluding carboxylic acids is 1. The molecule has 0 fully saturated rings. The summed E-state index contributed by atoms with van der Waals surface area (Å²) in [6.45, 7) is 3.12. The molecule has 0 aliphatic carbocycles. The fourth-order valence-corrected chi connectivity index (χ4v) is 3.03. The van der Waals surface area contributed by atoms with Gasteiger partial charge in [-0.3, -0.25) is 9.52 Å². The molecule has 0 spiro atoms. The highest BCUT2D eigenvalue weighted by molar-refractivity contribution is 7.90. The van der Waals surface area contributed by atoms with Crippen molar-refractivity contribution < 1.29 is 13.2 Å². The molecule has 0 radical (unpaired) electrons. The summed E-state index contributed by atoms with van der Waals surface area (Å²) in [5, 5.41) is 2.64. The van der Waals surface area contributed by atoms with Crippen molar-refractivity contribution in [2.75, 3.05) is 24.1 Å². The fourth-order valence-electron chi connectivity index (χ4n) is 2.05. The molecule has 2 aromatic heterocycles. The summed E-state index contributed by atoms with van der Waals surface area (Å²) in [5.74, 6) is 0.143. The third-order valence-corrected chi connectivity index (χ3v) is 5.09. The van der Waals surface area contributed by atoms with Gasteiger partial charge in [0.25, 0.3) is 0 Å². The second-order valence-electron chi connectivity index (χ2n) is 5.46. The first-order valence-corrected chi connectivity index (χ1v) is 9.03. The van der Waals surface area contributed by atoms with Crippen LogP contribution in [0.15, 0.2) is 24.5 Å². The monoisotopic (exact) mass is 383 g/mol. The van der Waals surface area contributed by atoms with E-state index in [1.807, 2.05) is 0 Å². The maximum absolute atomic E-state index is 12.1. The molecule has 0 aromatic carbocycles. The molecular formula is C15H18ClN5O3S. The Morgan fingerprint density at radius 2 is 1.96 bits per heavy atom. The molecule has 25 heavy (non-hydrogen) atoms. The number of halogens is 1. The third-order valence-electron chi connectivity index (χ3n) is 3.38. The van der Waals surface area contributed by atoms with Crippen molar-refractivity contribution in [2.45, 2.75) is 13.8 Å². The lowest BCUT2D eigenvalue weighted by molar-refractivity contribution is -0.114. The number of nitrogens with one attached hydrogen (secondary N) is 2. The second-order valence-corrected chi connectivity index (χ2v) is 7.71. The molecule has 0 atom stereocenters. The van der Waals surface area contributed by atoms with Crippen molar-refractivity contribution in [3.8, 4) is 11.1 Å². The van der Waals surface area contributed by atoms with Gasteiger partial charge >= 0.3 is 10.2 Å². The van der Waals surface area contributed by atoms with E-state index in [-0.39, 0.29) is 16.7 Å². The Balaban J connectivity index is 2.51. The Bertz CT molecular complexity index is 915. The van der Waals surface area contributed by atoms with Gasteiger partial charge in [-0.05, 0) is 30.2 Å². The molecular weight excluding hydrogens is 366 g/mol. The topological polar surface area (TPSA) is 104 Å². The highest BCUT2D eigenvalue weighted by Gasteiger charge is 2.19. The summed E-state index contributed by atoms with van der Waals surface area (Å²) in [6.07, 6.45) is 3.08. The van der Waals surface area contributed by atoms with Crippen molar-refractivity contribution in [3.63, 3.8) is 0 Å². The van der Waals surface area contributed by atoms with Crippen LogP contribution < -0.4 is 10.0 Å². The van der Waals surface area contributed by atoms with Gasteiger partial charge in [0.15, 0.2) is 5.15 Å². The summed E-state index contributed by atoms with van der Waals surface area (Å²) in [7, 11) is -0.913. The van der Waals surface area contributed by atoms with Crippen LogP contribution >= 0.6 is 11.6 Å². The van der Waals surface area contributed by atoms with Crippen molar-refractivity contribution in [2.24, 2.45) is 0 Å². The maximum atomic E-state index is 12.1. The summed E-state index contributed by atoms with van der Waals surface area (Å²) in [5.41, 5.74) is 2.18. The minimum absolute atomic E-state index is 0.0443. The number of hydrogen-bond acceptors (Lipinski definition) is 5. The number of nitrogens with zero attached hydrogens (tertiary/aromatic N) is 3. The van der Waals surface area contributed by atoms with Gasteiger partial charge in [0.05, 0.1) is 5.69 Å². The van der Waals surface area contributed by atoms with Crippen molar-refractivity contribution in [1.29, 1.82) is 0 Å². The van der Waals surface area contributed by atoms with Crippen LogP contribution in [0, 0.1) is 6.92 Å². The van der Waals surface area contributed by atoms with E-state index in [9.17, 15) is 13.2 Å². The average molecular weight is 384 g/mol. The predicted octanol–water partition coefficient (Wildman–Crippen LogP) is 2.28. The van der Waals surface area contributed by atoms with Crippen LogP contribution in [0.4, 0.5) is 11.5 Å². The molecule has 0 aliphatic rings. The Morgan fingerprint density at radius 3 is 2.56 bits per heavy atom. The number of aromatic nitrogens is 2. The van der Waals surface area contributed by atoms with E-state index in [2.05, 4.69) is 20.0 Å². The van der Waals surface area contributed by atoms with Crippen molar-refractivity contribution in [3.05, 3.63) is 35.2 Å². The summed E-state index contributed by atoms with van der Waals surface area (Å²) in [6, 6.07) is 3.40. The molecule has 2 rings (SSSR count). The predicted molar refractivity (Wildman–Crippen MR) is 97.7 cm³/mol. The average Bonchev–Trinajstić information content (AvgIpc) is 2.51. The first-order chi connectivity index (χ1) is 11.6. The van der Waals surface area contributed by atoms with Crippen molar-refractivity contribution >= 4 is 39.2 Å². The molecule has 2 heterocycles. The first-order valence-electron chi connectivity index (χ1n) is 7.21. The highest BCUT2D eigenvalue weighted by Crippen LogP contribution is 2.33. The normalized spacial score (nSPS) is 11.4. The van der Waals surface area contributed by atoms with Crippen LogP contribution in [0.1, 0.15) is 12.5 Å². The number of amides is 1. The molecule has 0 saturated heterocycles. The van der Waals surface area contributed by atoms with Crippen LogP contribution in [-0.2, 0) is 15.0 Å². The minimum Gasteiger partial charge on any atom is -0.311 e. The van der Waals surface area contributed by atoms with Crippen molar-refractivity contribution in [1.82, 2.24) is 14.3 Å². The number of carbonyl (C=O) groups is 1. The minimum atomic E-state index is -3.73. The molecule has 10 heteroatoms. The van der Waals surface area contributed by atoms with Gasteiger partial charge in [0, 0.05) is 39.0 Å². The smallest absolute Gasteiger partial charge is 0.301 e. The molecule has 2 N–H and O–H groups in total. The van der Waals surface area contributed by atoms with E-state index in [0.717, 1.165) is 4.31 Å². The number of hydrogen-bond donors (Lipinski definition) is 2. The Kier molecular flexibility index (Phi) is 5.61. The fraction of sp³-hybridized carbons (Fsp3) is 0.267. The Hall–Kier alpha value is -2.23. The van der Waals surface area contributed by atoms with Crippen LogP contribution in [0.2, 0.25) is 5.15 Å². The van der Waals surface area contributed by atoms with Crippen LogP contribution in [0.25, 0.3) is 11.1 Å². The Labute approximate surface area is 151 Å². The zero-order chi connectivity index (χ0) is 18.8. The quantitative estimate of drug-likeness (QED) is 0.771. The second kappa shape index (κ2) is 7.34. The van der Waals surface area contributed by atoms with Crippen LogP contribution in [-0.4, -0.2) is 42.7 Å². The molecule has 8 nitrogen and oxygen atoms in total. The van der Waals surface area contributed by atoms with Gasteiger partial charge in [0.2, 0.25) is 5.91 Å². The van der Waals surface area contributed by atoms with E-state index in [4.69, 9.17) is 11.6 Å². The summed E-state index contributed by atoms with van der Waals surface area (Å²) >= 11 is 6.07. The van der Waals surface area contributed by atoms with E-state index in [1.54, 1.807) is 19.1 Å². The maximum Gasteiger partial charge on any atom is 0.301 e. The first kappa shape index (κ1) is 19.1. The zero-order valence-corrected chi connectivity index (χ0v) is 15.7. The van der Waals surface area contributed by atoms with E-state index in [1.165, 1.54) is 33.4 Å². The van der Waals surface area contributed by atoms with Gasteiger partial charge in [-0.15, -0.1) is 0 Å². The molecule has 0 saturated carbocycles. The largest absolute Gasteiger partial charge is 0.311 e. The number of rotatable bonds is 5.